The van der Waals surface area contributed by atoms with Crippen molar-refractivity contribution in [3.8, 4) is 5.75 Å². The van der Waals surface area contributed by atoms with Gasteiger partial charge in [0.1, 0.15) is 5.75 Å². The highest BCUT2D eigenvalue weighted by atomic mass is 32.2. The fourth-order valence-electron chi connectivity index (χ4n) is 2.13. The lowest BCUT2D eigenvalue weighted by atomic mass is 9.97. The van der Waals surface area contributed by atoms with Gasteiger partial charge in [-0.15, -0.1) is 0 Å². The number of primary sulfonamides is 1. The summed E-state index contributed by atoms with van der Waals surface area (Å²) in [6, 6.07) is 3.55. The molecule has 21 heavy (non-hydrogen) atoms. The fourth-order valence-corrected chi connectivity index (χ4v) is 2.67. The third-order valence-electron chi connectivity index (χ3n) is 3.20. The Morgan fingerprint density at radius 1 is 1.29 bits per heavy atom. The number of phenolic OH excluding ortho intramolecular Hbond substituents is 1. The van der Waals surface area contributed by atoms with Crippen molar-refractivity contribution in [1.29, 1.82) is 0 Å². The molecular formula is C14H22N2O4S. The van der Waals surface area contributed by atoms with E-state index >= 15 is 0 Å². The molecular weight excluding hydrogens is 292 g/mol. The van der Waals surface area contributed by atoms with E-state index in [-0.39, 0.29) is 28.2 Å². The average Bonchev–Trinajstić information content (AvgIpc) is 2.39. The molecule has 1 rings (SSSR count). The zero-order valence-electron chi connectivity index (χ0n) is 12.3. The van der Waals surface area contributed by atoms with Gasteiger partial charge in [-0.2, -0.15) is 0 Å². The van der Waals surface area contributed by atoms with Crippen molar-refractivity contribution in [2.75, 3.05) is 5.32 Å². The predicted octanol–water partition coefficient (Wildman–Crippen LogP) is 2.19. The third-order valence-corrected chi connectivity index (χ3v) is 4.11. The van der Waals surface area contributed by atoms with Gasteiger partial charge in [-0.05, 0) is 31.0 Å². The zero-order valence-corrected chi connectivity index (χ0v) is 13.1. The fraction of sp³-hybridized carbons (Fsp3) is 0.500. The molecule has 0 radical (unpaired) electrons. The maximum absolute atomic E-state index is 12.2. The van der Waals surface area contributed by atoms with Crippen LogP contribution in [0.15, 0.2) is 23.1 Å². The predicted molar refractivity (Wildman–Crippen MR) is 81.4 cm³/mol. The summed E-state index contributed by atoms with van der Waals surface area (Å²) in [6.07, 6.45) is 3.24. The SMILES string of the molecule is CCCC(CCC)C(=O)Nc1cc(S(N)(=O)=O)ccc1O. The highest BCUT2D eigenvalue weighted by molar-refractivity contribution is 7.89. The number of sulfonamides is 1. The quantitative estimate of drug-likeness (QED) is 0.670. The summed E-state index contributed by atoms with van der Waals surface area (Å²) in [4.78, 5) is 12.0. The molecule has 4 N–H and O–H groups in total. The van der Waals surface area contributed by atoms with Gasteiger partial charge < -0.3 is 10.4 Å². The Bertz CT molecular complexity index is 593. The molecule has 0 aliphatic rings. The number of aromatic hydroxyl groups is 1. The lowest BCUT2D eigenvalue weighted by molar-refractivity contribution is -0.120. The lowest BCUT2D eigenvalue weighted by Gasteiger charge is -2.16. The molecule has 0 atom stereocenters. The van der Waals surface area contributed by atoms with Crippen LogP contribution in [0.5, 0.6) is 5.75 Å². The molecule has 0 saturated carbocycles. The van der Waals surface area contributed by atoms with Gasteiger partial charge in [-0.3, -0.25) is 4.79 Å². The van der Waals surface area contributed by atoms with E-state index < -0.39 is 10.0 Å². The first-order valence-electron chi connectivity index (χ1n) is 6.96. The average molecular weight is 314 g/mol. The second kappa shape index (κ2) is 7.42. The minimum atomic E-state index is -3.88. The number of hydrogen-bond donors (Lipinski definition) is 3. The molecule has 1 aromatic carbocycles. The van der Waals surface area contributed by atoms with Gasteiger partial charge in [0.15, 0.2) is 0 Å². The van der Waals surface area contributed by atoms with Crippen LogP contribution in [0.2, 0.25) is 0 Å². The van der Waals surface area contributed by atoms with Gasteiger partial charge in [-0.25, -0.2) is 13.6 Å². The second-order valence-corrected chi connectivity index (χ2v) is 6.55. The smallest absolute Gasteiger partial charge is 0.238 e. The largest absolute Gasteiger partial charge is 0.506 e. The number of anilines is 1. The standard InChI is InChI=1S/C14H22N2O4S/c1-3-5-10(6-4-2)14(18)16-12-9-11(21(15,19)20)7-8-13(12)17/h7-10,17H,3-6H2,1-2H3,(H,16,18)(H2,15,19,20). The normalized spacial score (nSPS) is 11.6. The number of benzene rings is 1. The summed E-state index contributed by atoms with van der Waals surface area (Å²) < 4.78 is 22.6. The number of nitrogens with one attached hydrogen (secondary N) is 1. The summed E-state index contributed by atoms with van der Waals surface area (Å²) in [5.74, 6) is -0.569. The first-order valence-corrected chi connectivity index (χ1v) is 8.50. The molecule has 0 aromatic heterocycles. The van der Waals surface area contributed by atoms with Crippen LogP contribution >= 0.6 is 0 Å². The molecule has 1 aromatic rings. The Hall–Kier alpha value is -1.60. The highest BCUT2D eigenvalue weighted by Crippen LogP contribution is 2.27. The molecule has 0 heterocycles. The van der Waals surface area contributed by atoms with E-state index in [0.717, 1.165) is 31.7 Å². The molecule has 7 heteroatoms. The van der Waals surface area contributed by atoms with Crippen molar-refractivity contribution in [1.82, 2.24) is 0 Å². The Morgan fingerprint density at radius 3 is 2.33 bits per heavy atom. The van der Waals surface area contributed by atoms with Gasteiger partial charge in [-0.1, -0.05) is 26.7 Å². The van der Waals surface area contributed by atoms with E-state index in [1.54, 1.807) is 0 Å². The summed E-state index contributed by atoms with van der Waals surface area (Å²) in [7, 11) is -3.88. The number of carbonyl (C=O) groups is 1. The van der Waals surface area contributed by atoms with Crippen LogP contribution in [-0.2, 0) is 14.8 Å². The molecule has 0 bridgehead atoms. The number of amides is 1. The van der Waals surface area contributed by atoms with E-state index in [0.29, 0.717) is 0 Å². The van der Waals surface area contributed by atoms with Crippen LogP contribution in [0.3, 0.4) is 0 Å². The van der Waals surface area contributed by atoms with E-state index in [4.69, 9.17) is 5.14 Å². The Morgan fingerprint density at radius 2 is 1.86 bits per heavy atom. The van der Waals surface area contributed by atoms with Crippen molar-refractivity contribution in [2.24, 2.45) is 11.1 Å². The van der Waals surface area contributed by atoms with E-state index in [1.807, 2.05) is 13.8 Å². The third kappa shape index (κ3) is 5.02. The minimum absolute atomic E-state index is 0.0590. The maximum Gasteiger partial charge on any atom is 0.238 e. The molecule has 6 nitrogen and oxygen atoms in total. The van der Waals surface area contributed by atoms with Crippen molar-refractivity contribution >= 4 is 21.6 Å². The van der Waals surface area contributed by atoms with Gasteiger partial charge in [0.25, 0.3) is 0 Å². The molecule has 0 spiro atoms. The van der Waals surface area contributed by atoms with Crippen molar-refractivity contribution in [3.05, 3.63) is 18.2 Å². The molecule has 0 aliphatic carbocycles. The topological polar surface area (TPSA) is 109 Å². The molecule has 0 unspecified atom stereocenters. The number of rotatable bonds is 7. The van der Waals surface area contributed by atoms with Gasteiger partial charge in [0, 0.05) is 5.92 Å². The number of hydrogen-bond acceptors (Lipinski definition) is 4. The Kier molecular flexibility index (Phi) is 6.17. The summed E-state index contributed by atoms with van der Waals surface area (Å²) in [5.41, 5.74) is 0.0590. The van der Waals surface area contributed by atoms with Crippen LogP contribution in [-0.4, -0.2) is 19.4 Å². The van der Waals surface area contributed by atoms with Crippen molar-refractivity contribution < 1.29 is 18.3 Å². The van der Waals surface area contributed by atoms with Gasteiger partial charge in [0.2, 0.25) is 15.9 Å². The Labute approximate surface area is 125 Å². The van der Waals surface area contributed by atoms with Crippen LogP contribution < -0.4 is 10.5 Å². The van der Waals surface area contributed by atoms with Crippen LogP contribution in [0.25, 0.3) is 0 Å². The molecule has 0 fully saturated rings. The van der Waals surface area contributed by atoms with Crippen LogP contribution in [0.4, 0.5) is 5.69 Å². The first-order chi connectivity index (χ1) is 9.79. The van der Waals surface area contributed by atoms with E-state index in [1.165, 1.54) is 12.1 Å². The molecule has 0 saturated heterocycles. The van der Waals surface area contributed by atoms with Gasteiger partial charge >= 0.3 is 0 Å². The highest BCUT2D eigenvalue weighted by Gasteiger charge is 2.19. The van der Waals surface area contributed by atoms with Crippen LogP contribution in [0.1, 0.15) is 39.5 Å². The minimum Gasteiger partial charge on any atom is -0.506 e. The van der Waals surface area contributed by atoms with E-state index in [9.17, 15) is 18.3 Å². The summed E-state index contributed by atoms with van der Waals surface area (Å²) >= 11 is 0. The lowest BCUT2D eigenvalue weighted by Crippen LogP contribution is -2.23. The number of phenols is 1. The zero-order chi connectivity index (χ0) is 16.0. The second-order valence-electron chi connectivity index (χ2n) is 4.99. The summed E-state index contributed by atoms with van der Waals surface area (Å²) in [5, 5.41) is 17.4. The van der Waals surface area contributed by atoms with Crippen molar-refractivity contribution in [2.45, 2.75) is 44.4 Å². The molecule has 118 valence electrons. The number of carbonyl (C=O) groups excluding carboxylic acids is 1. The first kappa shape index (κ1) is 17.5. The maximum atomic E-state index is 12.2. The van der Waals surface area contributed by atoms with E-state index in [2.05, 4.69) is 5.32 Å². The van der Waals surface area contributed by atoms with Gasteiger partial charge in [0.05, 0.1) is 10.6 Å². The molecule has 0 aliphatic heterocycles. The van der Waals surface area contributed by atoms with Crippen LogP contribution in [0, 0.1) is 5.92 Å². The summed E-state index contributed by atoms with van der Waals surface area (Å²) in [6.45, 7) is 3.99. The van der Waals surface area contributed by atoms with Crippen molar-refractivity contribution in [3.63, 3.8) is 0 Å². The molecule has 1 amide bonds. The monoisotopic (exact) mass is 314 g/mol. The number of nitrogens with two attached hydrogens (primary N) is 1. The Balaban J connectivity index is 2.98.